The zero-order chi connectivity index (χ0) is 25.9. The third-order valence-corrected chi connectivity index (χ3v) is 5.14. The lowest BCUT2D eigenvalue weighted by Gasteiger charge is -2.12. The fourth-order valence-corrected chi connectivity index (χ4v) is 3.12. The predicted octanol–water partition coefficient (Wildman–Crippen LogP) is 5.19. The van der Waals surface area contributed by atoms with Crippen molar-refractivity contribution in [2.24, 2.45) is 0 Å². The normalized spacial score (nSPS) is 10.9. The number of carbonyl (C=O) groups is 2. The second kappa shape index (κ2) is 12.7. The molecule has 3 rings (SSSR count). The molecule has 0 fully saturated rings. The lowest BCUT2D eigenvalue weighted by molar-refractivity contribution is -0.384. The maximum atomic E-state index is 13.1. The second-order valence-corrected chi connectivity index (χ2v) is 7.77. The van der Waals surface area contributed by atoms with Gasteiger partial charge in [0.15, 0.2) is 0 Å². The first-order chi connectivity index (χ1) is 17.4. The van der Waals surface area contributed by atoms with E-state index in [2.05, 4.69) is 17.6 Å². The molecule has 0 unspecified atom stereocenters. The summed E-state index contributed by atoms with van der Waals surface area (Å²) in [6, 6.07) is 19.0. The van der Waals surface area contributed by atoms with E-state index in [0.29, 0.717) is 34.9 Å². The minimum absolute atomic E-state index is 0.0343. The van der Waals surface area contributed by atoms with Gasteiger partial charge in [-0.2, -0.15) is 0 Å². The number of nitrogens with one attached hydrogen (secondary N) is 2. The van der Waals surface area contributed by atoms with E-state index in [1.807, 2.05) is 0 Å². The van der Waals surface area contributed by atoms with E-state index in [9.17, 15) is 19.7 Å². The molecule has 0 aromatic heterocycles. The molecule has 0 radical (unpaired) electrons. The predicted molar refractivity (Wildman–Crippen MR) is 137 cm³/mol. The summed E-state index contributed by atoms with van der Waals surface area (Å²) in [5.74, 6) is 0.225. The molecule has 9 heteroatoms. The molecular formula is C27H27N3O6. The monoisotopic (exact) mass is 489 g/mol. The summed E-state index contributed by atoms with van der Waals surface area (Å²) in [7, 11) is 1.54. The zero-order valence-corrected chi connectivity index (χ0v) is 20.0. The fourth-order valence-electron chi connectivity index (χ4n) is 3.12. The molecule has 3 aromatic rings. The molecule has 2 amide bonds. The largest absolute Gasteiger partial charge is 0.497 e. The van der Waals surface area contributed by atoms with Gasteiger partial charge in [-0.1, -0.05) is 13.3 Å². The van der Waals surface area contributed by atoms with Crippen molar-refractivity contribution in [3.05, 3.63) is 99.7 Å². The molecule has 0 saturated heterocycles. The number of nitrogens with zero attached hydrogens (tertiary/aromatic N) is 1. The van der Waals surface area contributed by atoms with Gasteiger partial charge in [-0.05, 0) is 78.7 Å². The van der Waals surface area contributed by atoms with Crippen molar-refractivity contribution in [2.75, 3.05) is 19.0 Å². The highest BCUT2D eigenvalue weighted by Gasteiger charge is 2.16. The summed E-state index contributed by atoms with van der Waals surface area (Å²) >= 11 is 0. The molecule has 2 N–H and O–H groups in total. The van der Waals surface area contributed by atoms with Crippen molar-refractivity contribution >= 4 is 29.3 Å². The Morgan fingerprint density at radius 1 is 0.944 bits per heavy atom. The number of methoxy groups -OCH3 is 1. The lowest BCUT2D eigenvalue weighted by Crippen LogP contribution is -2.30. The maximum Gasteiger partial charge on any atom is 0.272 e. The summed E-state index contributed by atoms with van der Waals surface area (Å²) < 4.78 is 10.8. The van der Waals surface area contributed by atoms with Crippen LogP contribution in [0.5, 0.6) is 11.5 Å². The average molecular weight is 490 g/mol. The number of non-ortho nitro benzene ring substituents is 1. The van der Waals surface area contributed by atoms with Crippen LogP contribution in [0.25, 0.3) is 6.08 Å². The first kappa shape index (κ1) is 26.0. The standard InChI is InChI=1S/C27H27N3O6/c1-3-4-17-36-24-13-7-20(8-14-24)26(31)29-25(18-19-5-11-22(12-6-19)30(33)34)27(32)28-21-9-15-23(35-2)16-10-21/h5-16,18H,3-4,17H2,1-2H3,(H,28,32)(H,29,31). The van der Waals surface area contributed by atoms with Gasteiger partial charge in [-0.3, -0.25) is 19.7 Å². The van der Waals surface area contributed by atoms with Gasteiger partial charge >= 0.3 is 0 Å². The molecule has 9 nitrogen and oxygen atoms in total. The Hall–Kier alpha value is -4.66. The number of nitro groups is 1. The number of anilines is 1. The molecular weight excluding hydrogens is 462 g/mol. The quantitative estimate of drug-likeness (QED) is 0.165. The van der Waals surface area contributed by atoms with Crippen LogP contribution in [0, 0.1) is 10.1 Å². The number of benzene rings is 3. The number of amides is 2. The third-order valence-electron chi connectivity index (χ3n) is 5.14. The van der Waals surface area contributed by atoms with Crippen molar-refractivity contribution in [3.63, 3.8) is 0 Å². The lowest BCUT2D eigenvalue weighted by atomic mass is 10.1. The average Bonchev–Trinajstić information content (AvgIpc) is 2.89. The fraction of sp³-hybridized carbons (Fsp3) is 0.185. The molecule has 36 heavy (non-hydrogen) atoms. The number of hydrogen-bond acceptors (Lipinski definition) is 6. The van der Waals surface area contributed by atoms with Crippen molar-refractivity contribution in [2.45, 2.75) is 19.8 Å². The first-order valence-corrected chi connectivity index (χ1v) is 11.4. The van der Waals surface area contributed by atoms with E-state index in [1.165, 1.54) is 37.5 Å². The first-order valence-electron chi connectivity index (χ1n) is 11.4. The summed E-state index contributed by atoms with van der Waals surface area (Å²) in [6.45, 7) is 2.67. The summed E-state index contributed by atoms with van der Waals surface area (Å²) in [5, 5.41) is 16.3. The highest BCUT2D eigenvalue weighted by Crippen LogP contribution is 2.18. The van der Waals surface area contributed by atoms with Crippen molar-refractivity contribution in [3.8, 4) is 11.5 Å². The van der Waals surface area contributed by atoms with Gasteiger partial charge in [0.25, 0.3) is 17.5 Å². The number of hydrogen-bond donors (Lipinski definition) is 2. The third kappa shape index (κ3) is 7.42. The minimum atomic E-state index is -0.564. The van der Waals surface area contributed by atoms with Gasteiger partial charge in [-0.25, -0.2) is 0 Å². The Labute approximate surface area is 208 Å². The molecule has 186 valence electrons. The molecule has 0 spiro atoms. The Kier molecular flexibility index (Phi) is 9.16. The minimum Gasteiger partial charge on any atom is -0.497 e. The van der Waals surface area contributed by atoms with Crippen LogP contribution in [-0.4, -0.2) is 30.5 Å². The smallest absolute Gasteiger partial charge is 0.272 e. The Morgan fingerprint density at radius 2 is 1.58 bits per heavy atom. The topological polar surface area (TPSA) is 120 Å². The highest BCUT2D eigenvalue weighted by atomic mass is 16.6. The second-order valence-electron chi connectivity index (χ2n) is 7.77. The molecule has 0 aliphatic heterocycles. The van der Waals surface area contributed by atoms with Gasteiger partial charge in [-0.15, -0.1) is 0 Å². The molecule has 0 bridgehead atoms. The van der Waals surface area contributed by atoms with Gasteiger partial charge in [0, 0.05) is 23.4 Å². The number of carbonyl (C=O) groups excluding carboxylic acids is 2. The number of ether oxygens (including phenoxy) is 2. The van der Waals surface area contributed by atoms with Crippen LogP contribution < -0.4 is 20.1 Å². The van der Waals surface area contributed by atoms with Gasteiger partial charge in [0.1, 0.15) is 17.2 Å². The van der Waals surface area contributed by atoms with Crippen LogP contribution in [0.4, 0.5) is 11.4 Å². The van der Waals surface area contributed by atoms with E-state index in [4.69, 9.17) is 9.47 Å². The zero-order valence-electron chi connectivity index (χ0n) is 20.0. The summed E-state index contributed by atoms with van der Waals surface area (Å²) in [6.07, 6.45) is 3.40. The molecule has 0 heterocycles. The SMILES string of the molecule is CCCCOc1ccc(C(=O)NC(=Cc2ccc([N+](=O)[O-])cc2)C(=O)Nc2ccc(OC)cc2)cc1. The van der Waals surface area contributed by atoms with Gasteiger partial charge < -0.3 is 20.1 Å². The molecule has 0 aliphatic carbocycles. The Morgan fingerprint density at radius 3 is 2.17 bits per heavy atom. The summed E-state index contributed by atoms with van der Waals surface area (Å²) in [5.41, 5.74) is 1.22. The van der Waals surface area contributed by atoms with Crippen molar-refractivity contribution in [1.29, 1.82) is 0 Å². The van der Waals surface area contributed by atoms with Crippen LogP contribution in [0.3, 0.4) is 0 Å². The maximum absolute atomic E-state index is 13.1. The van der Waals surface area contributed by atoms with Crippen LogP contribution in [0.15, 0.2) is 78.5 Å². The van der Waals surface area contributed by atoms with Gasteiger partial charge in [0.2, 0.25) is 0 Å². The highest BCUT2D eigenvalue weighted by molar-refractivity contribution is 6.10. The van der Waals surface area contributed by atoms with Crippen LogP contribution in [0.1, 0.15) is 35.7 Å². The Bertz CT molecular complexity index is 1220. The number of nitro benzene ring substituents is 1. The summed E-state index contributed by atoms with van der Waals surface area (Å²) in [4.78, 5) is 36.4. The van der Waals surface area contributed by atoms with E-state index >= 15 is 0 Å². The van der Waals surface area contributed by atoms with Crippen LogP contribution in [-0.2, 0) is 4.79 Å². The van der Waals surface area contributed by atoms with E-state index < -0.39 is 16.7 Å². The van der Waals surface area contributed by atoms with Crippen LogP contribution in [0.2, 0.25) is 0 Å². The van der Waals surface area contributed by atoms with Crippen molar-refractivity contribution in [1.82, 2.24) is 5.32 Å². The van der Waals surface area contributed by atoms with E-state index in [1.54, 1.807) is 48.5 Å². The molecule has 0 saturated carbocycles. The molecule has 3 aromatic carbocycles. The van der Waals surface area contributed by atoms with Gasteiger partial charge in [0.05, 0.1) is 18.6 Å². The number of rotatable bonds is 11. The van der Waals surface area contributed by atoms with E-state index in [-0.39, 0.29) is 11.4 Å². The van der Waals surface area contributed by atoms with Crippen LogP contribution >= 0.6 is 0 Å². The molecule has 0 aliphatic rings. The number of unbranched alkanes of at least 4 members (excludes halogenated alkanes) is 1. The molecule has 0 atom stereocenters. The van der Waals surface area contributed by atoms with E-state index in [0.717, 1.165) is 12.8 Å². The van der Waals surface area contributed by atoms with Crippen molar-refractivity contribution < 1.29 is 24.0 Å². The Balaban J connectivity index is 1.81.